The van der Waals surface area contributed by atoms with E-state index in [0.717, 1.165) is 11.7 Å². The molecule has 0 radical (unpaired) electrons. The Hall–Kier alpha value is -0.0905. The predicted octanol–water partition coefficient (Wildman–Crippen LogP) is -0.712. The Balaban J connectivity index is 3.17. The van der Waals surface area contributed by atoms with Crippen molar-refractivity contribution in [3.63, 3.8) is 0 Å². The van der Waals surface area contributed by atoms with Gasteiger partial charge in [-0.15, -0.1) is 0 Å². The van der Waals surface area contributed by atoms with Crippen LogP contribution in [0.15, 0.2) is 0 Å². The Morgan fingerprint density at radius 1 is 1.64 bits per heavy atom. The molecule has 0 aromatic rings. The van der Waals surface area contributed by atoms with Crippen LogP contribution in [0.3, 0.4) is 0 Å². The molecular formula is C6H14N2O2Se. The first kappa shape index (κ1) is 10.9. The van der Waals surface area contributed by atoms with Crippen LogP contribution in [0.25, 0.3) is 0 Å². The first-order chi connectivity index (χ1) is 5.18. The van der Waals surface area contributed by atoms with Crippen molar-refractivity contribution in [1.29, 1.82) is 0 Å². The Morgan fingerprint density at radius 3 is 2.73 bits per heavy atom. The topological polar surface area (TPSA) is 89.3 Å². The third-order valence-electron chi connectivity index (χ3n) is 1.11. The summed E-state index contributed by atoms with van der Waals surface area (Å²) in [5, 5.41) is 10.0. The van der Waals surface area contributed by atoms with E-state index < -0.39 is 12.0 Å². The number of aliphatic carboxylic acids is 1. The minimum absolute atomic E-state index is 0.344. The molecule has 0 spiro atoms. The van der Waals surface area contributed by atoms with E-state index >= 15 is 0 Å². The summed E-state index contributed by atoms with van der Waals surface area (Å²) < 4.78 is 0. The van der Waals surface area contributed by atoms with Crippen LogP contribution >= 0.6 is 0 Å². The van der Waals surface area contributed by atoms with Gasteiger partial charge in [0.2, 0.25) is 0 Å². The van der Waals surface area contributed by atoms with Gasteiger partial charge in [-0.1, -0.05) is 0 Å². The van der Waals surface area contributed by atoms with Gasteiger partial charge in [-0.3, -0.25) is 0 Å². The first-order valence-corrected chi connectivity index (χ1v) is 5.87. The molecule has 1 atom stereocenters. The van der Waals surface area contributed by atoms with Crippen LogP contribution < -0.4 is 11.5 Å². The van der Waals surface area contributed by atoms with E-state index in [-0.39, 0.29) is 0 Å². The molecule has 0 heterocycles. The summed E-state index contributed by atoms with van der Waals surface area (Å²) in [6.07, 6.45) is 0.979. The van der Waals surface area contributed by atoms with Crippen molar-refractivity contribution < 1.29 is 9.90 Å². The van der Waals surface area contributed by atoms with E-state index in [9.17, 15) is 4.79 Å². The molecule has 66 valence electrons. The monoisotopic (exact) mass is 226 g/mol. The summed E-state index contributed by atoms with van der Waals surface area (Å²) in [4.78, 5) is 10.2. The Labute approximate surface area is 72.5 Å². The Morgan fingerprint density at radius 2 is 2.27 bits per heavy atom. The SMILES string of the molecule is NCCC[Se]C[C@H](N)C(=O)O. The second kappa shape index (κ2) is 6.61. The van der Waals surface area contributed by atoms with Gasteiger partial charge in [0.15, 0.2) is 0 Å². The van der Waals surface area contributed by atoms with Crippen molar-refractivity contribution in [2.45, 2.75) is 23.1 Å². The fourth-order valence-electron chi connectivity index (χ4n) is 0.467. The number of carboxylic acid groups (broad SMARTS) is 1. The standard InChI is InChI=1S/C6H14N2O2Se/c7-2-1-3-11-4-5(8)6(9)10/h5H,1-4,7-8H2,(H,9,10)/t5-/m0/s1. The zero-order chi connectivity index (χ0) is 8.69. The third-order valence-corrected chi connectivity index (χ3v) is 3.57. The van der Waals surface area contributed by atoms with E-state index in [4.69, 9.17) is 16.6 Å². The van der Waals surface area contributed by atoms with Gasteiger partial charge >= 0.3 is 71.9 Å². The van der Waals surface area contributed by atoms with Gasteiger partial charge in [-0.05, 0) is 0 Å². The fraction of sp³-hybridized carbons (Fsp3) is 0.833. The zero-order valence-corrected chi connectivity index (χ0v) is 8.04. The first-order valence-electron chi connectivity index (χ1n) is 3.44. The quantitative estimate of drug-likeness (QED) is 0.411. The summed E-state index contributed by atoms with van der Waals surface area (Å²) in [5.41, 5.74) is 10.6. The molecule has 0 fully saturated rings. The molecule has 0 rings (SSSR count). The molecule has 0 bridgehead atoms. The van der Waals surface area contributed by atoms with Gasteiger partial charge in [0.25, 0.3) is 0 Å². The van der Waals surface area contributed by atoms with Crippen molar-refractivity contribution >= 4 is 20.9 Å². The minimum atomic E-state index is -0.903. The second-order valence-corrected chi connectivity index (χ2v) is 4.57. The maximum atomic E-state index is 10.2. The summed E-state index contributed by atoms with van der Waals surface area (Å²) in [5.74, 6) is -0.903. The molecule has 5 N–H and O–H groups in total. The number of nitrogens with two attached hydrogens (primary N) is 2. The van der Waals surface area contributed by atoms with Gasteiger partial charge in [0, 0.05) is 0 Å². The average molecular weight is 225 g/mol. The Kier molecular flexibility index (Phi) is 6.55. The molecule has 0 amide bonds. The molecular weight excluding hydrogens is 211 g/mol. The summed E-state index contributed by atoms with van der Waals surface area (Å²) in [7, 11) is 0. The fourth-order valence-corrected chi connectivity index (χ4v) is 2.43. The molecule has 0 aliphatic heterocycles. The molecule has 0 saturated carbocycles. The molecule has 0 aliphatic rings. The van der Waals surface area contributed by atoms with Crippen molar-refractivity contribution in [2.24, 2.45) is 11.5 Å². The number of carbonyl (C=O) groups is 1. The van der Waals surface area contributed by atoms with Crippen LogP contribution in [0.5, 0.6) is 0 Å². The molecule has 0 saturated heterocycles. The molecule has 0 aliphatic carbocycles. The second-order valence-electron chi connectivity index (χ2n) is 2.16. The number of carboxylic acids is 1. The van der Waals surface area contributed by atoms with Crippen LogP contribution in [0, 0.1) is 0 Å². The van der Waals surface area contributed by atoms with Gasteiger partial charge in [-0.2, -0.15) is 0 Å². The summed E-state index contributed by atoms with van der Waals surface area (Å²) in [6, 6.07) is -0.673. The number of hydrogen-bond donors (Lipinski definition) is 3. The molecule has 11 heavy (non-hydrogen) atoms. The maximum absolute atomic E-state index is 10.2. The zero-order valence-electron chi connectivity index (χ0n) is 6.32. The Bertz CT molecular complexity index is 121. The van der Waals surface area contributed by atoms with Crippen molar-refractivity contribution in [2.75, 3.05) is 6.54 Å². The van der Waals surface area contributed by atoms with E-state index in [0.29, 0.717) is 26.8 Å². The van der Waals surface area contributed by atoms with Crippen molar-refractivity contribution in [1.82, 2.24) is 0 Å². The van der Waals surface area contributed by atoms with Crippen molar-refractivity contribution in [3.8, 4) is 0 Å². The van der Waals surface area contributed by atoms with E-state index in [2.05, 4.69) is 0 Å². The number of hydrogen-bond acceptors (Lipinski definition) is 3. The molecule has 4 nitrogen and oxygen atoms in total. The van der Waals surface area contributed by atoms with Crippen molar-refractivity contribution in [3.05, 3.63) is 0 Å². The predicted molar refractivity (Wildman–Crippen MR) is 44.7 cm³/mol. The van der Waals surface area contributed by atoms with Gasteiger partial charge in [0.05, 0.1) is 0 Å². The number of rotatable bonds is 6. The average Bonchev–Trinajstić information content (AvgIpc) is 1.97. The molecule has 0 aromatic heterocycles. The third kappa shape index (κ3) is 6.31. The van der Waals surface area contributed by atoms with E-state index in [1.54, 1.807) is 0 Å². The molecule has 0 aromatic carbocycles. The summed E-state index contributed by atoms with van der Waals surface area (Å²) >= 11 is 0.344. The van der Waals surface area contributed by atoms with Gasteiger partial charge in [-0.25, -0.2) is 0 Å². The van der Waals surface area contributed by atoms with Gasteiger partial charge < -0.3 is 0 Å². The summed E-state index contributed by atoms with van der Waals surface area (Å²) in [6.45, 7) is 0.685. The van der Waals surface area contributed by atoms with Crippen LogP contribution in [-0.2, 0) is 4.79 Å². The normalized spacial score (nSPS) is 12.9. The van der Waals surface area contributed by atoms with Crippen LogP contribution in [0.2, 0.25) is 10.6 Å². The van der Waals surface area contributed by atoms with E-state index in [1.165, 1.54) is 0 Å². The molecule has 0 unspecified atom stereocenters. The van der Waals surface area contributed by atoms with Crippen LogP contribution in [0.1, 0.15) is 6.42 Å². The van der Waals surface area contributed by atoms with Crippen LogP contribution in [0.4, 0.5) is 0 Å². The molecule has 5 heteroatoms. The van der Waals surface area contributed by atoms with Crippen LogP contribution in [-0.4, -0.2) is 38.6 Å². The van der Waals surface area contributed by atoms with Gasteiger partial charge in [0.1, 0.15) is 0 Å². The van der Waals surface area contributed by atoms with E-state index in [1.807, 2.05) is 0 Å².